The van der Waals surface area contributed by atoms with Crippen LogP contribution in [-0.4, -0.2) is 32.4 Å². The molecule has 2 rings (SSSR count). The van der Waals surface area contributed by atoms with Crippen molar-refractivity contribution in [1.82, 2.24) is 5.43 Å². The smallest absolute Gasteiger partial charge is 0.259 e. The first-order valence-corrected chi connectivity index (χ1v) is 8.93. The van der Waals surface area contributed by atoms with Crippen LogP contribution in [0.25, 0.3) is 0 Å². The number of amides is 1. The standard InChI is InChI=1S/C18H19FIN3O3/c1-3-26-16-9-12(8-15(20)18(16)25-2)10-22-23-17(24)11-21-14-6-4-13(19)5-7-14/h4-10,21H,3,11H2,1-2H3,(H,23,24)/b22-10-. The number of anilines is 1. The van der Waals surface area contributed by atoms with E-state index in [1.165, 1.54) is 18.3 Å². The van der Waals surface area contributed by atoms with E-state index in [0.717, 1.165) is 9.13 Å². The normalized spacial score (nSPS) is 10.6. The van der Waals surface area contributed by atoms with Gasteiger partial charge < -0.3 is 14.8 Å². The summed E-state index contributed by atoms with van der Waals surface area (Å²) in [7, 11) is 1.59. The Morgan fingerprint density at radius 3 is 2.69 bits per heavy atom. The van der Waals surface area contributed by atoms with Gasteiger partial charge in [0.15, 0.2) is 11.5 Å². The molecule has 0 aliphatic heterocycles. The minimum atomic E-state index is -0.329. The van der Waals surface area contributed by atoms with Crippen LogP contribution in [0, 0.1) is 9.39 Å². The number of rotatable bonds is 8. The van der Waals surface area contributed by atoms with E-state index in [0.29, 0.717) is 23.8 Å². The van der Waals surface area contributed by atoms with Crippen molar-refractivity contribution in [1.29, 1.82) is 0 Å². The molecule has 26 heavy (non-hydrogen) atoms. The Balaban J connectivity index is 1.92. The molecule has 0 radical (unpaired) electrons. The zero-order chi connectivity index (χ0) is 18.9. The van der Waals surface area contributed by atoms with Gasteiger partial charge in [0, 0.05) is 5.69 Å². The highest BCUT2D eigenvalue weighted by atomic mass is 127. The van der Waals surface area contributed by atoms with E-state index < -0.39 is 0 Å². The number of hydrogen-bond donors (Lipinski definition) is 2. The minimum absolute atomic E-state index is 0.0211. The van der Waals surface area contributed by atoms with Crippen molar-refractivity contribution >= 4 is 40.4 Å². The van der Waals surface area contributed by atoms with E-state index in [-0.39, 0.29) is 18.3 Å². The van der Waals surface area contributed by atoms with Crippen molar-refractivity contribution in [3.63, 3.8) is 0 Å². The molecule has 0 saturated carbocycles. The van der Waals surface area contributed by atoms with Gasteiger partial charge in [0.2, 0.25) is 0 Å². The van der Waals surface area contributed by atoms with E-state index in [9.17, 15) is 9.18 Å². The number of hydrazone groups is 1. The van der Waals surface area contributed by atoms with Gasteiger partial charge in [0.25, 0.3) is 5.91 Å². The summed E-state index contributed by atoms with van der Waals surface area (Å²) in [6, 6.07) is 9.41. The third kappa shape index (κ3) is 5.87. The van der Waals surface area contributed by atoms with Crippen molar-refractivity contribution in [3.8, 4) is 11.5 Å². The average molecular weight is 471 g/mol. The fourth-order valence-corrected chi connectivity index (χ4v) is 2.94. The molecule has 8 heteroatoms. The third-order valence-corrected chi connectivity index (χ3v) is 4.04. The second kappa shape index (κ2) is 9.95. The molecule has 0 aromatic heterocycles. The Labute approximate surface area is 164 Å². The SMILES string of the molecule is CCOc1cc(/C=N\NC(=O)CNc2ccc(F)cc2)cc(I)c1OC. The molecule has 0 aliphatic carbocycles. The van der Waals surface area contributed by atoms with E-state index in [1.807, 2.05) is 13.0 Å². The van der Waals surface area contributed by atoms with Crippen LogP contribution in [0.1, 0.15) is 12.5 Å². The van der Waals surface area contributed by atoms with Crippen LogP contribution in [0.15, 0.2) is 41.5 Å². The maximum Gasteiger partial charge on any atom is 0.259 e. The lowest BCUT2D eigenvalue weighted by molar-refractivity contribution is -0.119. The topological polar surface area (TPSA) is 72.0 Å². The van der Waals surface area contributed by atoms with Gasteiger partial charge in [-0.1, -0.05) is 0 Å². The molecule has 0 fully saturated rings. The molecule has 0 atom stereocenters. The monoisotopic (exact) mass is 471 g/mol. The van der Waals surface area contributed by atoms with Gasteiger partial charge in [-0.3, -0.25) is 4.79 Å². The number of methoxy groups -OCH3 is 1. The molecule has 138 valence electrons. The number of hydrogen-bond acceptors (Lipinski definition) is 5. The molecule has 2 N–H and O–H groups in total. The summed E-state index contributed by atoms with van der Waals surface area (Å²) < 4.78 is 24.6. The van der Waals surface area contributed by atoms with Crippen LogP contribution < -0.4 is 20.2 Å². The van der Waals surface area contributed by atoms with Crippen molar-refractivity contribution in [3.05, 3.63) is 51.3 Å². The van der Waals surface area contributed by atoms with Gasteiger partial charge in [-0.15, -0.1) is 0 Å². The van der Waals surface area contributed by atoms with Crippen molar-refractivity contribution in [2.24, 2.45) is 5.10 Å². The van der Waals surface area contributed by atoms with Crippen molar-refractivity contribution < 1.29 is 18.7 Å². The summed E-state index contributed by atoms with van der Waals surface area (Å²) in [4.78, 5) is 11.8. The van der Waals surface area contributed by atoms with E-state index in [2.05, 4.69) is 38.4 Å². The molecule has 0 heterocycles. The zero-order valence-corrected chi connectivity index (χ0v) is 16.5. The fourth-order valence-electron chi connectivity index (χ4n) is 2.09. The number of halogens is 2. The first-order valence-electron chi connectivity index (χ1n) is 7.85. The Morgan fingerprint density at radius 2 is 2.04 bits per heavy atom. The lowest BCUT2D eigenvalue weighted by Gasteiger charge is -2.11. The Kier molecular flexibility index (Phi) is 7.64. The maximum absolute atomic E-state index is 12.8. The molecular formula is C18H19FIN3O3. The van der Waals surface area contributed by atoms with E-state index in [4.69, 9.17) is 9.47 Å². The Morgan fingerprint density at radius 1 is 1.31 bits per heavy atom. The highest BCUT2D eigenvalue weighted by Gasteiger charge is 2.10. The number of carbonyl (C=O) groups excluding carboxylic acids is 1. The molecular weight excluding hydrogens is 452 g/mol. The van der Waals surface area contributed by atoms with E-state index >= 15 is 0 Å². The summed E-state index contributed by atoms with van der Waals surface area (Å²) in [5.74, 6) is 0.633. The highest BCUT2D eigenvalue weighted by molar-refractivity contribution is 14.1. The van der Waals surface area contributed by atoms with Crippen LogP contribution in [0.2, 0.25) is 0 Å². The Hall–Kier alpha value is -2.36. The van der Waals surface area contributed by atoms with Gasteiger partial charge in [-0.05, 0) is 71.5 Å². The van der Waals surface area contributed by atoms with Crippen LogP contribution in [-0.2, 0) is 4.79 Å². The van der Waals surface area contributed by atoms with Gasteiger partial charge in [-0.25, -0.2) is 9.82 Å². The van der Waals surface area contributed by atoms with Crippen molar-refractivity contribution in [2.45, 2.75) is 6.92 Å². The molecule has 0 spiro atoms. The predicted octanol–water partition coefficient (Wildman–Crippen LogP) is 3.40. The van der Waals surface area contributed by atoms with Gasteiger partial charge >= 0.3 is 0 Å². The molecule has 1 amide bonds. The maximum atomic E-state index is 12.8. The van der Waals surface area contributed by atoms with E-state index in [1.54, 1.807) is 25.3 Å². The highest BCUT2D eigenvalue weighted by Crippen LogP contribution is 2.33. The summed E-state index contributed by atoms with van der Waals surface area (Å²) in [5.41, 5.74) is 3.85. The minimum Gasteiger partial charge on any atom is -0.492 e. The molecule has 0 bridgehead atoms. The zero-order valence-electron chi connectivity index (χ0n) is 14.4. The number of ether oxygens (including phenoxy) is 2. The molecule has 0 aliphatic rings. The predicted molar refractivity (Wildman–Crippen MR) is 108 cm³/mol. The Bertz CT molecular complexity index is 782. The average Bonchev–Trinajstić information content (AvgIpc) is 2.61. The van der Waals surface area contributed by atoms with Crippen LogP contribution in [0.4, 0.5) is 10.1 Å². The summed E-state index contributed by atoms with van der Waals surface area (Å²) in [5, 5.41) is 6.82. The van der Waals surface area contributed by atoms with Gasteiger partial charge in [0.05, 0.1) is 30.0 Å². The summed E-state index contributed by atoms with van der Waals surface area (Å²) in [6.45, 7) is 2.42. The molecule has 0 saturated heterocycles. The quantitative estimate of drug-likeness (QED) is 0.352. The third-order valence-electron chi connectivity index (χ3n) is 3.24. The van der Waals surface area contributed by atoms with Gasteiger partial charge in [0.1, 0.15) is 5.82 Å². The van der Waals surface area contributed by atoms with Crippen LogP contribution in [0.3, 0.4) is 0 Å². The first kappa shape index (κ1) is 20.0. The number of benzene rings is 2. The summed E-state index contributed by atoms with van der Waals surface area (Å²) in [6.07, 6.45) is 1.53. The molecule has 6 nitrogen and oxygen atoms in total. The fraction of sp³-hybridized carbons (Fsp3) is 0.222. The number of nitrogens with one attached hydrogen (secondary N) is 2. The molecule has 2 aromatic carbocycles. The van der Waals surface area contributed by atoms with Gasteiger partial charge in [-0.2, -0.15) is 5.10 Å². The first-order chi connectivity index (χ1) is 12.5. The lowest BCUT2D eigenvalue weighted by atomic mass is 10.2. The molecule has 0 unspecified atom stereocenters. The number of nitrogens with zero attached hydrogens (tertiary/aromatic N) is 1. The lowest BCUT2D eigenvalue weighted by Crippen LogP contribution is -2.25. The van der Waals surface area contributed by atoms with Crippen molar-refractivity contribution in [2.75, 3.05) is 25.6 Å². The van der Waals surface area contributed by atoms with Crippen LogP contribution >= 0.6 is 22.6 Å². The number of carbonyl (C=O) groups is 1. The van der Waals surface area contributed by atoms with Crippen LogP contribution in [0.5, 0.6) is 11.5 Å². The second-order valence-electron chi connectivity index (χ2n) is 5.12. The summed E-state index contributed by atoms with van der Waals surface area (Å²) >= 11 is 2.15. The molecule has 2 aromatic rings. The largest absolute Gasteiger partial charge is 0.492 e. The second-order valence-corrected chi connectivity index (χ2v) is 6.28.